The van der Waals surface area contributed by atoms with Crippen molar-refractivity contribution in [3.8, 4) is 11.4 Å². The van der Waals surface area contributed by atoms with Gasteiger partial charge in [0, 0.05) is 30.9 Å². The Balaban J connectivity index is 2.06. The van der Waals surface area contributed by atoms with E-state index in [0.29, 0.717) is 5.75 Å². The lowest BCUT2D eigenvalue weighted by molar-refractivity contribution is -0.114. The molecule has 0 spiro atoms. The summed E-state index contributed by atoms with van der Waals surface area (Å²) in [5.41, 5.74) is 2.74. The van der Waals surface area contributed by atoms with Crippen LogP contribution < -0.4 is 10.1 Å². The van der Waals surface area contributed by atoms with Gasteiger partial charge in [0.2, 0.25) is 5.91 Å². The minimum atomic E-state index is -0.111. The molecular formula is C20H21N3O2. The molecule has 5 nitrogen and oxygen atoms in total. The molecule has 1 aromatic heterocycles. The van der Waals surface area contributed by atoms with Crippen molar-refractivity contribution in [3.63, 3.8) is 0 Å². The lowest BCUT2D eigenvalue weighted by Crippen LogP contribution is -2.09. The molecule has 0 saturated carbocycles. The van der Waals surface area contributed by atoms with Crippen LogP contribution in [0.15, 0.2) is 60.9 Å². The second-order valence-corrected chi connectivity index (χ2v) is 5.86. The van der Waals surface area contributed by atoms with E-state index in [1.165, 1.54) is 12.5 Å². The van der Waals surface area contributed by atoms with Gasteiger partial charge in [-0.05, 0) is 23.8 Å². The average molecular weight is 335 g/mol. The number of anilines is 1. The van der Waals surface area contributed by atoms with Crippen LogP contribution in [0.5, 0.6) is 5.75 Å². The summed E-state index contributed by atoms with van der Waals surface area (Å²) < 4.78 is 7.51. The minimum absolute atomic E-state index is 0.111. The molecule has 3 rings (SSSR count). The van der Waals surface area contributed by atoms with Gasteiger partial charge in [0.15, 0.2) is 0 Å². The molecule has 0 bridgehead atoms. The SMILES string of the molecule is COc1ccc(NC(C)=O)cc1-n1ccnc1[C@@H](C)c1ccccc1. The molecule has 5 heteroatoms. The number of carbonyl (C=O) groups is 1. The lowest BCUT2D eigenvalue weighted by Gasteiger charge is -2.17. The van der Waals surface area contributed by atoms with Crippen LogP contribution in [0.25, 0.3) is 5.69 Å². The Hall–Kier alpha value is -3.08. The molecule has 0 radical (unpaired) electrons. The molecule has 25 heavy (non-hydrogen) atoms. The predicted octanol–water partition coefficient (Wildman–Crippen LogP) is 3.99. The largest absolute Gasteiger partial charge is 0.495 e. The highest BCUT2D eigenvalue weighted by molar-refractivity contribution is 5.89. The van der Waals surface area contributed by atoms with Crippen LogP contribution in [-0.4, -0.2) is 22.6 Å². The summed E-state index contributed by atoms with van der Waals surface area (Å²) in [4.78, 5) is 15.9. The molecule has 0 aliphatic carbocycles. The Morgan fingerprint density at radius 2 is 1.96 bits per heavy atom. The number of amides is 1. The van der Waals surface area contributed by atoms with Crippen molar-refractivity contribution < 1.29 is 9.53 Å². The van der Waals surface area contributed by atoms with E-state index in [2.05, 4.69) is 29.4 Å². The number of rotatable bonds is 5. The first-order valence-corrected chi connectivity index (χ1v) is 8.14. The van der Waals surface area contributed by atoms with Crippen LogP contribution in [0.4, 0.5) is 5.69 Å². The number of nitrogens with zero attached hydrogens (tertiary/aromatic N) is 2. The molecule has 0 aliphatic heterocycles. The van der Waals surface area contributed by atoms with Gasteiger partial charge >= 0.3 is 0 Å². The Morgan fingerprint density at radius 3 is 2.64 bits per heavy atom. The number of hydrogen-bond donors (Lipinski definition) is 1. The molecule has 128 valence electrons. The summed E-state index contributed by atoms with van der Waals surface area (Å²) in [6, 6.07) is 15.8. The quantitative estimate of drug-likeness (QED) is 0.767. The molecule has 1 atom stereocenters. The van der Waals surface area contributed by atoms with E-state index in [1.54, 1.807) is 13.3 Å². The second-order valence-electron chi connectivity index (χ2n) is 5.86. The highest BCUT2D eigenvalue weighted by atomic mass is 16.5. The van der Waals surface area contributed by atoms with Crippen molar-refractivity contribution in [2.24, 2.45) is 0 Å². The third-order valence-electron chi connectivity index (χ3n) is 4.11. The average Bonchev–Trinajstić information content (AvgIpc) is 3.10. The monoisotopic (exact) mass is 335 g/mol. The Morgan fingerprint density at radius 1 is 1.20 bits per heavy atom. The normalized spacial score (nSPS) is 11.8. The summed E-state index contributed by atoms with van der Waals surface area (Å²) in [5, 5.41) is 2.81. The number of benzene rings is 2. The maximum atomic E-state index is 11.4. The van der Waals surface area contributed by atoms with Crippen LogP contribution in [-0.2, 0) is 4.79 Å². The first-order chi connectivity index (χ1) is 12.1. The Labute approximate surface area is 147 Å². The molecule has 0 fully saturated rings. The van der Waals surface area contributed by atoms with Crippen LogP contribution in [0.3, 0.4) is 0 Å². The smallest absolute Gasteiger partial charge is 0.221 e. The predicted molar refractivity (Wildman–Crippen MR) is 98.4 cm³/mol. The number of hydrogen-bond acceptors (Lipinski definition) is 3. The van der Waals surface area contributed by atoms with Crippen LogP contribution in [0.1, 0.15) is 31.2 Å². The Kier molecular flexibility index (Phi) is 4.84. The summed E-state index contributed by atoms with van der Waals surface area (Å²) in [6.45, 7) is 3.61. The highest BCUT2D eigenvalue weighted by Gasteiger charge is 2.17. The molecule has 1 heterocycles. The number of aromatic nitrogens is 2. The maximum Gasteiger partial charge on any atom is 0.221 e. The molecule has 0 aliphatic rings. The Bertz CT molecular complexity index is 872. The number of ether oxygens (including phenoxy) is 1. The fraction of sp³-hybridized carbons (Fsp3) is 0.200. The van der Waals surface area contributed by atoms with Gasteiger partial charge in [0.1, 0.15) is 11.6 Å². The number of carbonyl (C=O) groups excluding carboxylic acids is 1. The zero-order valence-corrected chi connectivity index (χ0v) is 14.6. The summed E-state index contributed by atoms with van der Waals surface area (Å²) in [7, 11) is 1.63. The van der Waals surface area contributed by atoms with Gasteiger partial charge in [0.05, 0.1) is 12.8 Å². The van der Waals surface area contributed by atoms with Crippen LogP contribution in [0.2, 0.25) is 0 Å². The van der Waals surface area contributed by atoms with Crippen molar-refractivity contribution in [2.45, 2.75) is 19.8 Å². The van der Waals surface area contributed by atoms with E-state index < -0.39 is 0 Å². The number of methoxy groups -OCH3 is 1. The molecule has 0 unspecified atom stereocenters. The lowest BCUT2D eigenvalue weighted by atomic mass is 10.0. The summed E-state index contributed by atoms with van der Waals surface area (Å²) in [5.74, 6) is 1.63. The molecule has 0 saturated heterocycles. The molecule has 1 N–H and O–H groups in total. The zero-order valence-electron chi connectivity index (χ0n) is 14.6. The summed E-state index contributed by atoms with van der Waals surface area (Å²) in [6.07, 6.45) is 3.68. The number of imidazole rings is 1. The van der Waals surface area contributed by atoms with Crippen molar-refractivity contribution in [1.29, 1.82) is 0 Å². The van der Waals surface area contributed by atoms with Gasteiger partial charge in [-0.1, -0.05) is 37.3 Å². The van der Waals surface area contributed by atoms with Gasteiger partial charge in [0.25, 0.3) is 0 Å². The standard InChI is InChI=1S/C20H21N3O2/c1-14(16-7-5-4-6-8-16)20-21-11-12-23(20)18-13-17(22-15(2)24)9-10-19(18)25-3/h4-14H,1-3H3,(H,22,24)/t14-/m0/s1. The molecule has 2 aromatic carbocycles. The molecular weight excluding hydrogens is 314 g/mol. The zero-order chi connectivity index (χ0) is 17.8. The second kappa shape index (κ2) is 7.21. The van der Waals surface area contributed by atoms with Gasteiger partial charge in [-0.15, -0.1) is 0 Å². The van der Waals surface area contributed by atoms with Crippen molar-refractivity contribution in [2.75, 3.05) is 12.4 Å². The van der Waals surface area contributed by atoms with E-state index in [1.807, 2.05) is 47.2 Å². The van der Waals surface area contributed by atoms with Crippen molar-refractivity contribution >= 4 is 11.6 Å². The minimum Gasteiger partial charge on any atom is -0.495 e. The van der Waals surface area contributed by atoms with Crippen molar-refractivity contribution in [3.05, 3.63) is 72.3 Å². The maximum absolute atomic E-state index is 11.4. The topological polar surface area (TPSA) is 56.1 Å². The molecule has 3 aromatic rings. The highest BCUT2D eigenvalue weighted by Crippen LogP contribution is 2.31. The van der Waals surface area contributed by atoms with Crippen molar-refractivity contribution in [1.82, 2.24) is 9.55 Å². The fourth-order valence-electron chi connectivity index (χ4n) is 2.89. The van der Waals surface area contributed by atoms with Gasteiger partial charge in [-0.3, -0.25) is 9.36 Å². The first-order valence-electron chi connectivity index (χ1n) is 8.14. The van der Waals surface area contributed by atoms with E-state index in [0.717, 1.165) is 17.2 Å². The van der Waals surface area contributed by atoms with E-state index in [4.69, 9.17) is 4.74 Å². The van der Waals surface area contributed by atoms with Gasteiger partial charge in [-0.2, -0.15) is 0 Å². The van der Waals surface area contributed by atoms with Gasteiger partial charge < -0.3 is 10.1 Å². The molecule has 1 amide bonds. The van der Waals surface area contributed by atoms with Crippen LogP contribution >= 0.6 is 0 Å². The third kappa shape index (κ3) is 3.55. The van der Waals surface area contributed by atoms with E-state index in [9.17, 15) is 4.79 Å². The van der Waals surface area contributed by atoms with E-state index in [-0.39, 0.29) is 11.8 Å². The van der Waals surface area contributed by atoms with Gasteiger partial charge in [-0.25, -0.2) is 4.98 Å². The van der Waals surface area contributed by atoms with E-state index >= 15 is 0 Å². The first kappa shape index (κ1) is 16.8. The third-order valence-corrected chi connectivity index (χ3v) is 4.11. The van der Waals surface area contributed by atoms with Crippen LogP contribution in [0, 0.1) is 0 Å². The fourth-order valence-corrected chi connectivity index (χ4v) is 2.89. The summed E-state index contributed by atoms with van der Waals surface area (Å²) >= 11 is 0. The number of nitrogens with one attached hydrogen (secondary N) is 1.